The topological polar surface area (TPSA) is 80.6 Å². The number of nitrogens with one attached hydrogen (secondary N) is 1. The lowest BCUT2D eigenvalue weighted by Crippen LogP contribution is -2.39. The lowest BCUT2D eigenvalue weighted by molar-refractivity contribution is 0.0502. The van der Waals surface area contributed by atoms with Gasteiger partial charge in [-0.1, -0.05) is 0 Å². The van der Waals surface area contributed by atoms with Crippen molar-refractivity contribution in [2.75, 3.05) is 0 Å². The van der Waals surface area contributed by atoms with E-state index in [1.54, 1.807) is 27.7 Å². The van der Waals surface area contributed by atoms with Crippen LogP contribution in [0, 0.1) is 5.95 Å². The molecule has 0 fully saturated rings. The summed E-state index contributed by atoms with van der Waals surface area (Å²) in [6, 6.07) is 0.770. The van der Waals surface area contributed by atoms with Crippen molar-refractivity contribution in [1.82, 2.24) is 9.88 Å². The summed E-state index contributed by atoms with van der Waals surface area (Å²) in [6.45, 7) is 6.99. The summed E-state index contributed by atoms with van der Waals surface area (Å²) in [7, 11) is 0. The average Bonchev–Trinajstić information content (AvgIpc) is 2.57. The van der Waals surface area contributed by atoms with Gasteiger partial charge in [0.1, 0.15) is 11.2 Å². The molecule has 0 aliphatic rings. The van der Waals surface area contributed by atoms with Gasteiger partial charge in [0.2, 0.25) is 5.95 Å². The number of carboxylic acid groups (broad SMARTS) is 1. The third kappa shape index (κ3) is 4.56. The monoisotopic (exact) mass is 286 g/mol. The maximum atomic E-state index is 13.7. The van der Waals surface area contributed by atoms with Gasteiger partial charge >= 0.3 is 12.1 Å². The molecule has 0 spiro atoms. The van der Waals surface area contributed by atoms with Gasteiger partial charge in [-0.3, -0.25) is 0 Å². The van der Waals surface area contributed by atoms with Gasteiger partial charge in [-0.05, 0) is 33.8 Å². The molecule has 0 aliphatic carbocycles. The fourth-order valence-electron chi connectivity index (χ4n) is 1.60. The molecule has 0 aliphatic heterocycles. The third-order valence-corrected chi connectivity index (χ3v) is 2.36. The number of rotatable bonds is 4. The largest absolute Gasteiger partial charge is 0.478 e. The van der Waals surface area contributed by atoms with Crippen LogP contribution in [0.3, 0.4) is 0 Å². The van der Waals surface area contributed by atoms with E-state index in [0.29, 0.717) is 0 Å². The minimum atomic E-state index is -1.32. The zero-order valence-electron chi connectivity index (χ0n) is 11.9. The number of carbonyl (C=O) groups excluding carboxylic acids is 1. The van der Waals surface area contributed by atoms with E-state index < -0.39 is 35.2 Å². The normalized spacial score (nSPS) is 12.8. The standard InChI is InChI=1S/C13H19FN2O4/c1-8(15-12(19)20-13(2,3)4)7-16-6-5-9(10(16)14)11(17)18/h5-6,8H,7H2,1-4H3,(H,15,19)(H,17,18)/t8-/m0/s1. The molecule has 0 radical (unpaired) electrons. The molecule has 1 amide bonds. The van der Waals surface area contributed by atoms with Gasteiger partial charge in [-0.25, -0.2) is 9.59 Å². The molecular formula is C13H19FN2O4. The highest BCUT2D eigenvalue weighted by atomic mass is 19.1. The van der Waals surface area contributed by atoms with Gasteiger partial charge in [0, 0.05) is 18.8 Å². The highest BCUT2D eigenvalue weighted by molar-refractivity contribution is 5.87. The zero-order valence-corrected chi connectivity index (χ0v) is 11.9. The molecule has 2 N–H and O–H groups in total. The number of aromatic carboxylic acids is 1. The first kappa shape index (κ1) is 16.0. The molecule has 1 aromatic heterocycles. The molecule has 0 aromatic carbocycles. The number of hydrogen-bond acceptors (Lipinski definition) is 3. The van der Waals surface area contributed by atoms with Crippen molar-refractivity contribution in [3.8, 4) is 0 Å². The summed E-state index contributed by atoms with van der Waals surface area (Å²) < 4.78 is 19.9. The van der Waals surface area contributed by atoms with Crippen molar-refractivity contribution < 1.29 is 23.8 Å². The van der Waals surface area contributed by atoms with E-state index in [4.69, 9.17) is 9.84 Å². The predicted molar refractivity (Wildman–Crippen MR) is 70.2 cm³/mol. The molecule has 1 atom stereocenters. The highest BCUT2D eigenvalue weighted by Crippen LogP contribution is 2.10. The second kappa shape index (κ2) is 5.94. The van der Waals surface area contributed by atoms with Crippen LogP contribution in [0.15, 0.2) is 12.3 Å². The second-order valence-electron chi connectivity index (χ2n) is 5.53. The Bertz CT molecular complexity index is 505. The molecule has 0 saturated carbocycles. The summed E-state index contributed by atoms with van der Waals surface area (Å²) in [5.74, 6) is -2.16. The summed E-state index contributed by atoms with van der Waals surface area (Å²) in [4.78, 5) is 22.2. The Balaban J connectivity index is 2.61. The maximum absolute atomic E-state index is 13.7. The van der Waals surface area contributed by atoms with Crippen LogP contribution in [0.5, 0.6) is 0 Å². The number of carboxylic acids is 1. The Morgan fingerprint density at radius 1 is 1.50 bits per heavy atom. The minimum Gasteiger partial charge on any atom is -0.478 e. The van der Waals surface area contributed by atoms with Crippen molar-refractivity contribution in [3.63, 3.8) is 0 Å². The van der Waals surface area contributed by atoms with Gasteiger partial charge < -0.3 is 19.7 Å². The number of amides is 1. The van der Waals surface area contributed by atoms with Crippen molar-refractivity contribution in [3.05, 3.63) is 23.8 Å². The molecule has 0 saturated heterocycles. The number of alkyl carbamates (subject to hydrolysis) is 1. The quantitative estimate of drug-likeness (QED) is 0.889. The Kier molecular flexibility index (Phi) is 4.75. The van der Waals surface area contributed by atoms with E-state index in [0.717, 1.165) is 4.57 Å². The molecule has 112 valence electrons. The fraction of sp³-hybridized carbons (Fsp3) is 0.538. The first-order chi connectivity index (χ1) is 9.10. The van der Waals surface area contributed by atoms with Gasteiger partial charge in [0.05, 0.1) is 0 Å². The van der Waals surface area contributed by atoms with Crippen molar-refractivity contribution in [2.24, 2.45) is 0 Å². The Morgan fingerprint density at radius 3 is 2.55 bits per heavy atom. The van der Waals surface area contributed by atoms with Crippen LogP contribution in [-0.4, -0.2) is 33.4 Å². The molecule has 0 unspecified atom stereocenters. The van der Waals surface area contributed by atoms with Crippen molar-refractivity contribution in [2.45, 2.75) is 45.9 Å². The van der Waals surface area contributed by atoms with E-state index in [-0.39, 0.29) is 6.54 Å². The summed E-state index contributed by atoms with van der Waals surface area (Å²) in [6.07, 6.45) is 0.725. The summed E-state index contributed by atoms with van der Waals surface area (Å²) >= 11 is 0. The number of hydrogen-bond donors (Lipinski definition) is 2. The van der Waals surface area contributed by atoms with E-state index in [1.807, 2.05) is 0 Å². The highest BCUT2D eigenvalue weighted by Gasteiger charge is 2.19. The third-order valence-electron chi connectivity index (χ3n) is 2.36. The molecule has 6 nitrogen and oxygen atoms in total. The number of carbonyl (C=O) groups is 2. The van der Waals surface area contributed by atoms with Crippen molar-refractivity contribution >= 4 is 12.1 Å². The van der Waals surface area contributed by atoms with Crippen LogP contribution in [0.25, 0.3) is 0 Å². The van der Waals surface area contributed by atoms with Crippen LogP contribution in [-0.2, 0) is 11.3 Å². The van der Waals surface area contributed by atoms with Gasteiger partial charge in [0.15, 0.2) is 0 Å². The molecule has 0 bridgehead atoms. The Morgan fingerprint density at radius 2 is 2.10 bits per heavy atom. The van der Waals surface area contributed by atoms with Crippen LogP contribution in [0.1, 0.15) is 38.1 Å². The van der Waals surface area contributed by atoms with E-state index in [1.165, 1.54) is 12.3 Å². The predicted octanol–water partition coefficient (Wildman–Crippen LogP) is 2.24. The first-order valence-corrected chi connectivity index (χ1v) is 6.17. The lowest BCUT2D eigenvalue weighted by atomic mass is 10.2. The molecular weight excluding hydrogens is 267 g/mol. The van der Waals surface area contributed by atoms with E-state index >= 15 is 0 Å². The van der Waals surface area contributed by atoms with Gasteiger partial charge in [-0.15, -0.1) is 0 Å². The number of aromatic nitrogens is 1. The first-order valence-electron chi connectivity index (χ1n) is 6.17. The fourth-order valence-corrected chi connectivity index (χ4v) is 1.60. The summed E-state index contributed by atoms with van der Waals surface area (Å²) in [5.41, 5.74) is -1.01. The molecule has 1 aromatic rings. The van der Waals surface area contributed by atoms with Crippen LogP contribution < -0.4 is 5.32 Å². The molecule has 7 heteroatoms. The van der Waals surface area contributed by atoms with Gasteiger partial charge in [0.25, 0.3) is 0 Å². The number of halogens is 1. The minimum absolute atomic E-state index is 0.109. The van der Waals surface area contributed by atoms with Crippen LogP contribution in [0.4, 0.5) is 9.18 Å². The lowest BCUT2D eigenvalue weighted by Gasteiger charge is -2.22. The number of nitrogens with zero attached hydrogens (tertiary/aromatic N) is 1. The average molecular weight is 286 g/mol. The van der Waals surface area contributed by atoms with Gasteiger partial charge in [-0.2, -0.15) is 4.39 Å². The second-order valence-corrected chi connectivity index (χ2v) is 5.53. The van der Waals surface area contributed by atoms with E-state index in [2.05, 4.69) is 5.32 Å². The Labute approximate surface area is 116 Å². The zero-order chi connectivity index (χ0) is 15.5. The Hall–Kier alpha value is -2.05. The maximum Gasteiger partial charge on any atom is 0.407 e. The molecule has 1 rings (SSSR count). The smallest absolute Gasteiger partial charge is 0.407 e. The van der Waals surface area contributed by atoms with E-state index in [9.17, 15) is 14.0 Å². The summed E-state index contributed by atoms with van der Waals surface area (Å²) in [5, 5.41) is 11.3. The number of ether oxygens (including phenoxy) is 1. The van der Waals surface area contributed by atoms with Crippen LogP contribution in [0.2, 0.25) is 0 Å². The van der Waals surface area contributed by atoms with Crippen LogP contribution >= 0.6 is 0 Å². The SMILES string of the molecule is C[C@@H](Cn1ccc(C(=O)O)c1F)NC(=O)OC(C)(C)C. The molecule has 20 heavy (non-hydrogen) atoms. The van der Waals surface area contributed by atoms with Crippen molar-refractivity contribution in [1.29, 1.82) is 0 Å². The molecule has 1 heterocycles.